The fraction of sp³-hybridized carbons (Fsp3) is 0.250. The van der Waals surface area contributed by atoms with Crippen LogP contribution in [0.4, 0.5) is 11.6 Å². The number of fused-ring (bicyclic) bond motifs is 1. The second-order valence-corrected chi connectivity index (χ2v) is 6.28. The Labute approximate surface area is 166 Å². The van der Waals surface area contributed by atoms with Crippen molar-refractivity contribution in [2.45, 2.75) is 26.8 Å². The van der Waals surface area contributed by atoms with Crippen molar-refractivity contribution in [3.8, 4) is 0 Å². The van der Waals surface area contributed by atoms with Crippen LogP contribution in [0.25, 0.3) is 11.0 Å². The first-order valence-corrected chi connectivity index (χ1v) is 9.17. The number of non-ortho nitro benzene ring substituents is 1. The van der Waals surface area contributed by atoms with Crippen molar-refractivity contribution in [1.29, 1.82) is 0 Å². The number of ether oxygens (including phenoxy) is 1. The van der Waals surface area contributed by atoms with E-state index in [1.165, 1.54) is 6.07 Å². The van der Waals surface area contributed by atoms with E-state index in [2.05, 4.69) is 10.3 Å². The highest BCUT2D eigenvalue weighted by Gasteiger charge is 2.20. The van der Waals surface area contributed by atoms with Crippen molar-refractivity contribution in [1.82, 2.24) is 9.55 Å². The maximum Gasteiger partial charge on any atom is 0.338 e. The molecule has 0 saturated carbocycles. The molecule has 29 heavy (non-hydrogen) atoms. The number of hydrogen-bond donors (Lipinski definition) is 1. The van der Waals surface area contributed by atoms with E-state index < -0.39 is 16.8 Å². The highest BCUT2D eigenvalue weighted by molar-refractivity contribution is 6.06. The number of benzene rings is 2. The highest BCUT2D eigenvalue weighted by atomic mass is 16.6. The van der Waals surface area contributed by atoms with E-state index in [0.717, 1.165) is 29.6 Å². The number of aryl methyl sites for hydroxylation is 1. The molecule has 1 heterocycles. The zero-order valence-electron chi connectivity index (χ0n) is 16.0. The number of carbonyl (C=O) groups is 2. The molecule has 0 spiro atoms. The average molecular weight is 396 g/mol. The lowest BCUT2D eigenvalue weighted by Crippen LogP contribution is -2.17. The number of nitro groups is 1. The molecule has 0 atom stereocenters. The molecule has 1 amide bonds. The Morgan fingerprint density at radius 2 is 1.90 bits per heavy atom. The van der Waals surface area contributed by atoms with Crippen LogP contribution in [0.3, 0.4) is 0 Å². The number of esters is 1. The Morgan fingerprint density at radius 3 is 2.59 bits per heavy atom. The molecular weight excluding hydrogens is 376 g/mol. The average Bonchev–Trinajstić information content (AvgIpc) is 3.05. The lowest BCUT2D eigenvalue weighted by Gasteiger charge is -2.10. The van der Waals surface area contributed by atoms with Gasteiger partial charge in [0.05, 0.1) is 28.1 Å². The molecule has 0 bridgehead atoms. The van der Waals surface area contributed by atoms with Crippen molar-refractivity contribution in [2.75, 3.05) is 11.9 Å². The summed E-state index contributed by atoms with van der Waals surface area (Å²) < 4.78 is 6.77. The molecule has 0 radical (unpaired) electrons. The predicted molar refractivity (Wildman–Crippen MR) is 107 cm³/mol. The molecule has 0 aliphatic carbocycles. The van der Waals surface area contributed by atoms with Gasteiger partial charge in [-0.2, -0.15) is 0 Å². The van der Waals surface area contributed by atoms with Gasteiger partial charge in [0.1, 0.15) is 0 Å². The van der Waals surface area contributed by atoms with Gasteiger partial charge in [-0.15, -0.1) is 0 Å². The van der Waals surface area contributed by atoms with E-state index in [0.29, 0.717) is 12.5 Å². The number of para-hydroxylation sites is 2. The predicted octanol–water partition coefficient (Wildman–Crippen LogP) is 3.78. The molecule has 2 aromatic carbocycles. The third kappa shape index (κ3) is 4.23. The Hall–Kier alpha value is -3.75. The summed E-state index contributed by atoms with van der Waals surface area (Å²) in [6.45, 7) is 4.39. The summed E-state index contributed by atoms with van der Waals surface area (Å²) in [5.41, 5.74) is 1.13. The summed E-state index contributed by atoms with van der Waals surface area (Å²) in [5, 5.41) is 13.9. The van der Waals surface area contributed by atoms with Crippen molar-refractivity contribution < 1.29 is 19.2 Å². The maximum atomic E-state index is 12.8. The Morgan fingerprint density at radius 1 is 1.17 bits per heavy atom. The SMILES string of the molecule is CCCn1c(NC(=O)c2cc(C(=O)OCC)cc([N+](=O)[O-])c2)nc2ccccc21. The lowest BCUT2D eigenvalue weighted by molar-refractivity contribution is -0.384. The smallest absolute Gasteiger partial charge is 0.338 e. The highest BCUT2D eigenvalue weighted by Crippen LogP contribution is 2.22. The van der Waals surface area contributed by atoms with E-state index in [9.17, 15) is 19.7 Å². The van der Waals surface area contributed by atoms with Crippen LogP contribution in [-0.4, -0.2) is 33.0 Å². The van der Waals surface area contributed by atoms with E-state index in [-0.39, 0.29) is 23.4 Å². The standard InChI is InChI=1S/C20H20N4O5/c1-3-9-23-17-8-6-5-7-16(17)21-20(23)22-18(25)13-10-14(19(26)29-4-2)12-15(11-13)24(27)28/h5-8,10-12H,3-4,9H2,1-2H3,(H,21,22,25). The zero-order chi connectivity index (χ0) is 21.0. The van der Waals surface area contributed by atoms with Gasteiger partial charge in [-0.25, -0.2) is 9.78 Å². The third-order valence-electron chi connectivity index (χ3n) is 4.23. The van der Waals surface area contributed by atoms with Crippen molar-refractivity contribution in [3.05, 3.63) is 63.7 Å². The number of nitrogens with zero attached hydrogens (tertiary/aromatic N) is 3. The van der Waals surface area contributed by atoms with Crippen LogP contribution in [-0.2, 0) is 11.3 Å². The van der Waals surface area contributed by atoms with Gasteiger partial charge in [0.15, 0.2) is 0 Å². The molecular formula is C20H20N4O5. The number of rotatable bonds is 7. The zero-order valence-corrected chi connectivity index (χ0v) is 16.0. The summed E-state index contributed by atoms with van der Waals surface area (Å²) in [5.74, 6) is -1.00. The Kier molecular flexibility index (Phi) is 5.87. The van der Waals surface area contributed by atoms with Gasteiger partial charge in [0.2, 0.25) is 5.95 Å². The summed E-state index contributed by atoms with van der Waals surface area (Å²) in [4.78, 5) is 39.8. The minimum atomic E-state index is -0.733. The van der Waals surface area contributed by atoms with E-state index in [1.54, 1.807) is 6.92 Å². The number of carbonyl (C=O) groups excluding carboxylic acids is 2. The number of aromatic nitrogens is 2. The molecule has 0 aliphatic rings. The maximum absolute atomic E-state index is 12.8. The molecule has 0 aliphatic heterocycles. The van der Waals surface area contributed by atoms with Gasteiger partial charge < -0.3 is 9.30 Å². The first-order valence-electron chi connectivity index (χ1n) is 9.17. The van der Waals surface area contributed by atoms with Crippen LogP contribution in [0.2, 0.25) is 0 Å². The molecule has 0 saturated heterocycles. The monoisotopic (exact) mass is 396 g/mol. The summed E-state index contributed by atoms with van der Waals surface area (Å²) in [7, 11) is 0. The summed E-state index contributed by atoms with van der Waals surface area (Å²) in [6.07, 6.45) is 0.826. The van der Waals surface area contributed by atoms with E-state index >= 15 is 0 Å². The second kappa shape index (κ2) is 8.51. The van der Waals surface area contributed by atoms with Crippen LogP contribution >= 0.6 is 0 Å². The number of anilines is 1. The van der Waals surface area contributed by atoms with E-state index in [4.69, 9.17) is 4.74 Å². The van der Waals surface area contributed by atoms with Gasteiger partial charge in [0, 0.05) is 24.2 Å². The van der Waals surface area contributed by atoms with Crippen LogP contribution < -0.4 is 5.32 Å². The molecule has 1 aromatic heterocycles. The van der Waals surface area contributed by atoms with Gasteiger partial charge in [0.25, 0.3) is 11.6 Å². The fourth-order valence-electron chi connectivity index (χ4n) is 2.97. The minimum Gasteiger partial charge on any atom is -0.462 e. The minimum absolute atomic E-state index is 0.0302. The second-order valence-electron chi connectivity index (χ2n) is 6.28. The molecule has 0 unspecified atom stereocenters. The molecule has 9 nitrogen and oxygen atoms in total. The van der Waals surface area contributed by atoms with Gasteiger partial charge >= 0.3 is 5.97 Å². The fourth-order valence-corrected chi connectivity index (χ4v) is 2.97. The lowest BCUT2D eigenvalue weighted by atomic mass is 10.1. The number of nitro benzene ring substituents is 1. The molecule has 9 heteroatoms. The van der Waals surface area contributed by atoms with E-state index in [1.807, 2.05) is 35.8 Å². The van der Waals surface area contributed by atoms with Gasteiger partial charge in [-0.1, -0.05) is 19.1 Å². The van der Waals surface area contributed by atoms with Crippen molar-refractivity contribution in [3.63, 3.8) is 0 Å². The quantitative estimate of drug-likeness (QED) is 0.369. The van der Waals surface area contributed by atoms with Crippen LogP contribution in [0, 0.1) is 10.1 Å². The molecule has 3 rings (SSSR count). The first kappa shape index (κ1) is 20.0. The van der Waals surface area contributed by atoms with Crippen LogP contribution in [0.5, 0.6) is 0 Å². The molecule has 3 aromatic rings. The normalized spacial score (nSPS) is 10.7. The molecule has 150 valence electrons. The summed E-state index contributed by atoms with van der Waals surface area (Å²) >= 11 is 0. The number of nitrogens with one attached hydrogen (secondary N) is 1. The van der Waals surface area contributed by atoms with Crippen molar-refractivity contribution in [2.24, 2.45) is 0 Å². The number of imidazole rings is 1. The number of hydrogen-bond acceptors (Lipinski definition) is 6. The molecule has 0 fully saturated rings. The topological polar surface area (TPSA) is 116 Å². The van der Waals surface area contributed by atoms with Crippen molar-refractivity contribution >= 4 is 34.5 Å². The van der Waals surface area contributed by atoms with Crippen LogP contribution in [0.1, 0.15) is 41.0 Å². The Balaban J connectivity index is 1.98. The largest absolute Gasteiger partial charge is 0.462 e. The summed E-state index contributed by atoms with van der Waals surface area (Å²) in [6, 6.07) is 10.9. The van der Waals surface area contributed by atoms with Gasteiger partial charge in [-0.3, -0.25) is 20.2 Å². The first-order chi connectivity index (χ1) is 13.9. The van der Waals surface area contributed by atoms with Gasteiger partial charge in [-0.05, 0) is 31.5 Å². The van der Waals surface area contributed by atoms with Crippen LogP contribution in [0.15, 0.2) is 42.5 Å². The number of amides is 1. The Bertz CT molecular complexity index is 1090. The third-order valence-corrected chi connectivity index (χ3v) is 4.23. The molecule has 1 N–H and O–H groups in total.